The van der Waals surface area contributed by atoms with Gasteiger partial charge in [-0.15, -0.1) is 6.58 Å². The van der Waals surface area contributed by atoms with Crippen molar-refractivity contribution in [1.29, 1.82) is 0 Å². The molecule has 2 rings (SSSR count). The highest BCUT2D eigenvalue weighted by Gasteiger charge is 2.41. The van der Waals surface area contributed by atoms with Crippen molar-refractivity contribution in [3.05, 3.63) is 47.5 Å². The number of ketones is 1. The van der Waals surface area contributed by atoms with Crippen molar-refractivity contribution in [2.45, 2.75) is 32.7 Å². The van der Waals surface area contributed by atoms with Gasteiger partial charge >= 0.3 is 0 Å². The van der Waals surface area contributed by atoms with Crippen LogP contribution in [0.5, 0.6) is 0 Å². The number of aryl methyl sites for hydroxylation is 1. The zero-order chi connectivity index (χ0) is 14.9. The fourth-order valence-electron chi connectivity index (χ4n) is 2.45. The molecule has 1 aliphatic rings. The van der Waals surface area contributed by atoms with Crippen LogP contribution in [0.4, 0.5) is 0 Å². The van der Waals surface area contributed by atoms with Crippen LogP contribution in [-0.4, -0.2) is 28.5 Å². The van der Waals surface area contributed by atoms with Gasteiger partial charge in [0.2, 0.25) is 0 Å². The van der Waals surface area contributed by atoms with Gasteiger partial charge in [-0.05, 0) is 38.8 Å². The standard InChI is InChI=1S/C16H17NO3/c1-4-5-6-14(11(3)18)17-15(19)12-8-7-10(2)9-13(12)16(17)20/h4,7-9,14H,1,5-6H2,2-3H3. The minimum atomic E-state index is -0.708. The number of nitrogens with zero attached hydrogens (tertiary/aromatic N) is 1. The lowest BCUT2D eigenvalue weighted by Crippen LogP contribution is -2.43. The van der Waals surface area contributed by atoms with Gasteiger partial charge < -0.3 is 0 Å². The van der Waals surface area contributed by atoms with Crippen LogP contribution in [0.25, 0.3) is 0 Å². The summed E-state index contributed by atoms with van der Waals surface area (Å²) in [5, 5.41) is 0. The predicted octanol–water partition coefficient (Wildman–Crippen LogP) is 2.51. The molecule has 0 N–H and O–H groups in total. The second kappa shape index (κ2) is 5.41. The summed E-state index contributed by atoms with van der Waals surface area (Å²) in [7, 11) is 0. The van der Waals surface area contributed by atoms with Gasteiger partial charge in [-0.2, -0.15) is 0 Å². The van der Waals surface area contributed by atoms with Gasteiger partial charge in [0.1, 0.15) is 0 Å². The summed E-state index contributed by atoms with van der Waals surface area (Å²) in [6.07, 6.45) is 2.68. The third-order valence-corrected chi connectivity index (χ3v) is 3.50. The Balaban J connectivity index is 2.39. The highest BCUT2D eigenvalue weighted by molar-refractivity contribution is 6.22. The maximum absolute atomic E-state index is 12.4. The number of hydrogen-bond donors (Lipinski definition) is 0. The Morgan fingerprint density at radius 2 is 1.95 bits per heavy atom. The van der Waals surface area contributed by atoms with E-state index >= 15 is 0 Å². The topological polar surface area (TPSA) is 54.5 Å². The van der Waals surface area contributed by atoms with Crippen LogP contribution in [-0.2, 0) is 4.79 Å². The van der Waals surface area contributed by atoms with Gasteiger partial charge in [0.05, 0.1) is 17.2 Å². The highest BCUT2D eigenvalue weighted by atomic mass is 16.2. The summed E-state index contributed by atoms with van der Waals surface area (Å²) in [5.41, 5.74) is 1.68. The largest absolute Gasteiger partial charge is 0.298 e. The zero-order valence-corrected chi connectivity index (χ0v) is 11.7. The second-order valence-corrected chi connectivity index (χ2v) is 5.02. The number of carbonyl (C=O) groups excluding carboxylic acids is 3. The van der Waals surface area contributed by atoms with Gasteiger partial charge in [-0.3, -0.25) is 19.3 Å². The Kier molecular flexibility index (Phi) is 3.84. The molecular formula is C16H17NO3. The first kappa shape index (κ1) is 14.2. The number of carbonyl (C=O) groups is 3. The lowest BCUT2D eigenvalue weighted by atomic mass is 10.1. The molecule has 0 radical (unpaired) electrons. The molecule has 0 saturated carbocycles. The van der Waals surface area contributed by atoms with E-state index < -0.39 is 6.04 Å². The molecule has 1 aromatic rings. The summed E-state index contributed by atoms with van der Waals surface area (Å²) in [4.78, 5) is 37.6. The average Bonchev–Trinajstić information content (AvgIpc) is 2.63. The number of rotatable bonds is 5. The molecular weight excluding hydrogens is 254 g/mol. The van der Waals surface area contributed by atoms with E-state index in [0.717, 1.165) is 10.5 Å². The highest BCUT2D eigenvalue weighted by Crippen LogP contribution is 2.27. The molecule has 4 heteroatoms. The number of Topliss-reactive ketones (excluding diaryl/α,β-unsaturated/α-hetero) is 1. The number of hydrogen-bond acceptors (Lipinski definition) is 3. The lowest BCUT2D eigenvalue weighted by molar-refractivity contribution is -0.120. The average molecular weight is 271 g/mol. The summed E-state index contributed by atoms with van der Waals surface area (Å²) < 4.78 is 0. The molecule has 2 amide bonds. The van der Waals surface area contributed by atoms with Gasteiger partial charge in [-0.1, -0.05) is 17.7 Å². The molecule has 1 aromatic carbocycles. The van der Waals surface area contributed by atoms with E-state index in [-0.39, 0.29) is 17.6 Å². The Morgan fingerprint density at radius 3 is 2.55 bits per heavy atom. The molecule has 1 aliphatic heterocycles. The van der Waals surface area contributed by atoms with Crippen molar-refractivity contribution in [3.8, 4) is 0 Å². The van der Waals surface area contributed by atoms with Crippen molar-refractivity contribution in [2.75, 3.05) is 0 Å². The first-order valence-electron chi connectivity index (χ1n) is 6.57. The number of allylic oxidation sites excluding steroid dienone is 1. The Hall–Kier alpha value is -2.23. The van der Waals surface area contributed by atoms with Gasteiger partial charge in [-0.25, -0.2) is 0 Å². The molecule has 1 atom stereocenters. The van der Waals surface area contributed by atoms with E-state index in [0.29, 0.717) is 24.0 Å². The Morgan fingerprint density at radius 1 is 1.30 bits per heavy atom. The zero-order valence-electron chi connectivity index (χ0n) is 11.7. The van der Waals surface area contributed by atoms with E-state index in [4.69, 9.17) is 0 Å². The summed E-state index contributed by atoms with van der Waals surface area (Å²) in [6.45, 7) is 6.88. The normalized spacial score (nSPS) is 15.2. The number of imide groups is 1. The van der Waals surface area contributed by atoms with Crippen molar-refractivity contribution >= 4 is 17.6 Å². The van der Waals surface area contributed by atoms with Gasteiger partial charge in [0.25, 0.3) is 11.8 Å². The molecule has 1 unspecified atom stereocenters. The van der Waals surface area contributed by atoms with Crippen molar-refractivity contribution in [2.24, 2.45) is 0 Å². The van der Waals surface area contributed by atoms with Gasteiger partial charge in [0.15, 0.2) is 5.78 Å². The third kappa shape index (κ3) is 2.29. The molecule has 0 spiro atoms. The van der Waals surface area contributed by atoms with Crippen LogP contribution in [0.15, 0.2) is 30.9 Å². The van der Waals surface area contributed by atoms with Crippen LogP contribution in [0.1, 0.15) is 46.0 Å². The molecule has 0 aromatic heterocycles. The van der Waals surface area contributed by atoms with E-state index in [9.17, 15) is 14.4 Å². The third-order valence-electron chi connectivity index (χ3n) is 3.50. The van der Waals surface area contributed by atoms with Crippen molar-refractivity contribution < 1.29 is 14.4 Å². The van der Waals surface area contributed by atoms with Crippen LogP contribution in [0.2, 0.25) is 0 Å². The maximum atomic E-state index is 12.4. The Labute approximate surface area is 118 Å². The van der Waals surface area contributed by atoms with Crippen LogP contribution < -0.4 is 0 Å². The van der Waals surface area contributed by atoms with E-state index in [1.807, 2.05) is 6.92 Å². The predicted molar refractivity (Wildman–Crippen MR) is 75.6 cm³/mol. The molecule has 0 saturated heterocycles. The van der Waals surface area contributed by atoms with Crippen LogP contribution >= 0.6 is 0 Å². The molecule has 104 valence electrons. The van der Waals surface area contributed by atoms with Gasteiger partial charge in [0, 0.05) is 0 Å². The fraction of sp³-hybridized carbons (Fsp3) is 0.312. The van der Waals surface area contributed by atoms with Crippen LogP contribution in [0.3, 0.4) is 0 Å². The lowest BCUT2D eigenvalue weighted by Gasteiger charge is -2.23. The van der Waals surface area contributed by atoms with Crippen LogP contribution in [0, 0.1) is 6.92 Å². The van der Waals surface area contributed by atoms with E-state index in [2.05, 4.69) is 6.58 Å². The first-order valence-corrected chi connectivity index (χ1v) is 6.57. The monoisotopic (exact) mass is 271 g/mol. The quantitative estimate of drug-likeness (QED) is 0.610. The fourth-order valence-corrected chi connectivity index (χ4v) is 2.45. The summed E-state index contributed by atoms with van der Waals surface area (Å²) in [6, 6.07) is 4.43. The molecule has 1 heterocycles. The minimum absolute atomic E-state index is 0.182. The Bertz CT molecular complexity index is 604. The number of amides is 2. The smallest absolute Gasteiger partial charge is 0.262 e. The molecule has 0 fully saturated rings. The molecule has 0 aliphatic carbocycles. The number of benzene rings is 1. The summed E-state index contributed by atoms with van der Waals surface area (Å²) in [5.74, 6) is -0.940. The number of fused-ring (bicyclic) bond motifs is 1. The van der Waals surface area contributed by atoms with Crippen molar-refractivity contribution in [3.63, 3.8) is 0 Å². The maximum Gasteiger partial charge on any atom is 0.262 e. The molecule has 20 heavy (non-hydrogen) atoms. The SMILES string of the molecule is C=CCCC(C(C)=O)N1C(=O)c2ccc(C)cc2C1=O. The van der Waals surface area contributed by atoms with Crippen molar-refractivity contribution in [1.82, 2.24) is 4.90 Å². The van der Waals surface area contributed by atoms with E-state index in [1.165, 1.54) is 6.92 Å². The first-order chi connectivity index (χ1) is 9.47. The minimum Gasteiger partial charge on any atom is -0.298 e. The second-order valence-electron chi connectivity index (χ2n) is 5.02. The summed E-state index contributed by atoms with van der Waals surface area (Å²) >= 11 is 0. The molecule has 0 bridgehead atoms. The van der Waals surface area contributed by atoms with E-state index in [1.54, 1.807) is 24.3 Å². The molecule has 4 nitrogen and oxygen atoms in total.